The van der Waals surface area contributed by atoms with E-state index in [4.69, 9.17) is 23.4 Å². The minimum Gasteiger partial charge on any atom is -0.288 e. The normalized spacial score (nSPS) is 9.50. The Morgan fingerprint density at radius 2 is 2.10 bits per heavy atom. The van der Waals surface area contributed by atoms with E-state index in [1.54, 1.807) is 13.1 Å². The molecule has 0 bridgehead atoms. The Hall–Kier alpha value is -0.400. The molecular formula is C7H7Cl2N. The molecule has 1 nitrogen and oxygen atoms in total. The third-order valence-electron chi connectivity index (χ3n) is 1.16. The molecule has 10 heavy (non-hydrogen) atoms. The van der Waals surface area contributed by atoms with Crippen LogP contribution < -0.4 is 4.42 Å². The summed E-state index contributed by atoms with van der Waals surface area (Å²) in [6.07, 6.45) is 0. The van der Waals surface area contributed by atoms with Gasteiger partial charge in [0.25, 0.3) is 0 Å². The second-order valence-electron chi connectivity index (χ2n) is 1.96. The highest BCUT2D eigenvalue weighted by atomic mass is 35.5. The van der Waals surface area contributed by atoms with Crippen LogP contribution in [0.5, 0.6) is 0 Å². The SMILES string of the molecule is CN(Cl)c1cccc(Cl)c1. The first-order chi connectivity index (χ1) is 4.70. The highest BCUT2D eigenvalue weighted by Gasteiger charge is 1.95. The van der Waals surface area contributed by atoms with E-state index in [-0.39, 0.29) is 0 Å². The number of hydrogen-bond acceptors (Lipinski definition) is 1. The molecule has 54 valence electrons. The molecule has 0 aliphatic carbocycles. The predicted octanol–water partition coefficient (Wildman–Crippen LogP) is 2.93. The quantitative estimate of drug-likeness (QED) is 0.594. The maximum absolute atomic E-state index is 5.70. The third-order valence-corrected chi connectivity index (χ3v) is 1.59. The average Bonchev–Trinajstić information content (AvgIpc) is 1.88. The van der Waals surface area contributed by atoms with Gasteiger partial charge in [0.2, 0.25) is 0 Å². The zero-order chi connectivity index (χ0) is 7.56. The van der Waals surface area contributed by atoms with Crippen molar-refractivity contribution in [3.63, 3.8) is 0 Å². The van der Waals surface area contributed by atoms with Gasteiger partial charge in [0.15, 0.2) is 0 Å². The van der Waals surface area contributed by atoms with Crippen molar-refractivity contribution < 1.29 is 0 Å². The Labute approximate surface area is 70.3 Å². The van der Waals surface area contributed by atoms with Crippen LogP contribution in [-0.2, 0) is 0 Å². The molecule has 0 radical (unpaired) electrons. The fourth-order valence-corrected chi connectivity index (χ4v) is 0.957. The molecule has 0 atom stereocenters. The van der Waals surface area contributed by atoms with Gasteiger partial charge in [-0.1, -0.05) is 17.7 Å². The Balaban J connectivity index is 2.96. The molecule has 1 rings (SSSR count). The van der Waals surface area contributed by atoms with Gasteiger partial charge in [0.05, 0.1) is 5.69 Å². The van der Waals surface area contributed by atoms with Crippen LogP contribution in [0.25, 0.3) is 0 Å². The van der Waals surface area contributed by atoms with Gasteiger partial charge in [0.1, 0.15) is 0 Å². The standard InChI is InChI=1S/C7H7Cl2N/c1-10(9)7-4-2-3-6(8)5-7/h2-5H,1H3. The summed E-state index contributed by atoms with van der Waals surface area (Å²) in [5.41, 5.74) is 0.897. The van der Waals surface area contributed by atoms with E-state index >= 15 is 0 Å². The Morgan fingerprint density at radius 3 is 2.50 bits per heavy atom. The van der Waals surface area contributed by atoms with Gasteiger partial charge >= 0.3 is 0 Å². The number of rotatable bonds is 1. The Kier molecular flexibility index (Phi) is 2.41. The van der Waals surface area contributed by atoms with Crippen molar-refractivity contribution in [2.75, 3.05) is 11.5 Å². The van der Waals surface area contributed by atoms with Crippen molar-refractivity contribution in [2.45, 2.75) is 0 Å². The van der Waals surface area contributed by atoms with Gasteiger partial charge in [-0.25, -0.2) is 0 Å². The number of benzene rings is 1. The van der Waals surface area contributed by atoms with Gasteiger partial charge in [-0.2, -0.15) is 0 Å². The predicted molar refractivity (Wildman–Crippen MR) is 45.7 cm³/mol. The Bertz CT molecular complexity index is 223. The van der Waals surface area contributed by atoms with Gasteiger partial charge in [0, 0.05) is 23.8 Å². The lowest BCUT2D eigenvalue weighted by molar-refractivity contribution is 1.34. The summed E-state index contributed by atoms with van der Waals surface area (Å²) in [5, 5.41) is 0.699. The lowest BCUT2D eigenvalue weighted by Gasteiger charge is -2.07. The highest BCUT2D eigenvalue weighted by molar-refractivity contribution is 6.31. The first-order valence-electron chi connectivity index (χ1n) is 2.85. The lowest BCUT2D eigenvalue weighted by Crippen LogP contribution is -1.99. The van der Waals surface area contributed by atoms with Crippen LogP contribution in [-0.4, -0.2) is 7.05 Å². The van der Waals surface area contributed by atoms with Crippen molar-refractivity contribution in [3.8, 4) is 0 Å². The van der Waals surface area contributed by atoms with Gasteiger partial charge in [-0.05, 0) is 18.2 Å². The van der Waals surface area contributed by atoms with Crippen molar-refractivity contribution >= 4 is 29.1 Å². The molecule has 0 amide bonds. The minimum absolute atomic E-state index is 0.699. The highest BCUT2D eigenvalue weighted by Crippen LogP contribution is 2.18. The van der Waals surface area contributed by atoms with Crippen molar-refractivity contribution in [1.82, 2.24) is 0 Å². The van der Waals surface area contributed by atoms with E-state index in [1.165, 1.54) is 4.42 Å². The van der Waals surface area contributed by atoms with E-state index in [2.05, 4.69) is 0 Å². The number of halogens is 2. The molecule has 0 heterocycles. The van der Waals surface area contributed by atoms with Crippen molar-refractivity contribution in [1.29, 1.82) is 0 Å². The van der Waals surface area contributed by atoms with E-state index in [1.807, 2.05) is 18.2 Å². The first-order valence-corrected chi connectivity index (χ1v) is 3.57. The molecule has 0 unspecified atom stereocenters. The summed E-state index contributed by atoms with van der Waals surface area (Å²) in [6, 6.07) is 7.36. The van der Waals surface area contributed by atoms with Gasteiger partial charge < -0.3 is 0 Å². The molecule has 0 fully saturated rings. The topological polar surface area (TPSA) is 3.24 Å². The molecule has 1 aromatic carbocycles. The number of hydrogen-bond donors (Lipinski definition) is 0. The summed E-state index contributed by atoms with van der Waals surface area (Å²) in [6.45, 7) is 0. The van der Waals surface area contributed by atoms with Crippen LogP contribution in [0.1, 0.15) is 0 Å². The van der Waals surface area contributed by atoms with Crippen LogP contribution in [0.2, 0.25) is 5.02 Å². The number of anilines is 1. The molecule has 0 aliphatic heterocycles. The maximum Gasteiger partial charge on any atom is 0.0534 e. The van der Waals surface area contributed by atoms with Crippen LogP contribution in [0.4, 0.5) is 5.69 Å². The molecule has 0 spiro atoms. The van der Waals surface area contributed by atoms with Gasteiger partial charge in [-0.3, -0.25) is 4.42 Å². The fraction of sp³-hybridized carbons (Fsp3) is 0.143. The molecule has 0 N–H and O–H groups in total. The molecule has 0 aliphatic rings. The zero-order valence-corrected chi connectivity index (χ0v) is 7.02. The average molecular weight is 176 g/mol. The summed E-state index contributed by atoms with van der Waals surface area (Å²) < 4.78 is 1.49. The van der Waals surface area contributed by atoms with Crippen molar-refractivity contribution in [2.24, 2.45) is 0 Å². The van der Waals surface area contributed by atoms with Crippen LogP contribution in [0.3, 0.4) is 0 Å². The first kappa shape index (κ1) is 7.70. The minimum atomic E-state index is 0.699. The van der Waals surface area contributed by atoms with E-state index in [9.17, 15) is 0 Å². The molecule has 0 aromatic heterocycles. The summed E-state index contributed by atoms with van der Waals surface area (Å²) in [5.74, 6) is 0. The second kappa shape index (κ2) is 3.13. The molecule has 1 aromatic rings. The summed E-state index contributed by atoms with van der Waals surface area (Å²) >= 11 is 11.4. The van der Waals surface area contributed by atoms with Gasteiger partial charge in [-0.15, -0.1) is 0 Å². The fourth-order valence-electron chi connectivity index (χ4n) is 0.668. The monoisotopic (exact) mass is 175 g/mol. The molecular weight excluding hydrogens is 169 g/mol. The largest absolute Gasteiger partial charge is 0.288 e. The van der Waals surface area contributed by atoms with Crippen LogP contribution >= 0.6 is 23.4 Å². The second-order valence-corrected chi connectivity index (χ2v) is 2.90. The van der Waals surface area contributed by atoms with Crippen LogP contribution in [0.15, 0.2) is 24.3 Å². The van der Waals surface area contributed by atoms with E-state index in [0.29, 0.717) is 5.02 Å². The summed E-state index contributed by atoms with van der Waals surface area (Å²) in [7, 11) is 1.76. The van der Waals surface area contributed by atoms with E-state index in [0.717, 1.165) is 5.69 Å². The lowest BCUT2D eigenvalue weighted by atomic mass is 10.3. The molecule has 0 saturated heterocycles. The smallest absolute Gasteiger partial charge is 0.0534 e. The molecule has 0 saturated carbocycles. The maximum atomic E-state index is 5.70. The summed E-state index contributed by atoms with van der Waals surface area (Å²) in [4.78, 5) is 0. The third kappa shape index (κ3) is 1.79. The molecule has 3 heteroatoms. The van der Waals surface area contributed by atoms with Crippen LogP contribution in [0, 0.1) is 0 Å². The van der Waals surface area contributed by atoms with E-state index < -0.39 is 0 Å². The zero-order valence-electron chi connectivity index (χ0n) is 5.51. The Morgan fingerprint density at radius 1 is 1.40 bits per heavy atom. The van der Waals surface area contributed by atoms with Crippen molar-refractivity contribution in [3.05, 3.63) is 29.3 Å². The number of nitrogens with zero attached hydrogens (tertiary/aromatic N) is 1.